The van der Waals surface area contributed by atoms with Crippen LogP contribution in [0, 0.1) is 0 Å². The summed E-state index contributed by atoms with van der Waals surface area (Å²) >= 11 is 12.1. The van der Waals surface area contributed by atoms with Gasteiger partial charge in [0.05, 0.1) is 12.2 Å². The van der Waals surface area contributed by atoms with E-state index in [0.29, 0.717) is 23.6 Å². The Bertz CT molecular complexity index is 1440. The minimum atomic E-state index is -4.67. The van der Waals surface area contributed by atoms with E-state index in [1.807, 2.05) is 0 Å². The van der Waals surface area contributed by atoms with Crippen LogP contribution < -0.4 is 15.2 Å². The molecule has 0 bridgehead atoms. The first-order chi connectivity index (χ1) is 17.8. The zero-order chi connectivity index (χ0) is 28.1. The predicted octanol–water partition coefficient (Wildman–Crippen LogP) is 5.60. The molecule has 0 saturated carbocycles. The lowest BCUT2D eigenvalue weighted by molar-refractivity contribution is -0.137. The molecule has 0 radical (unpaired) electrons. The van der Waals surface area contributed by atoms with Gasteiger partial charge in [-0.25, -0.2) is 9.78 Å². The molecule has 0 aliphatic rings. The van der Waals surface area contributed by atoms with Crippen LogP contribution in [0.2, 0.25) is 10.0 Å². The van der Waals surface area contributed by atoms with Gasteiger partial charge in [-0.05, 0) is 41.5 Å². The maximum atomic E-state index is 13.0. The molecule has 1 amide bonds. The van der Waals surface area contributed by atoms with E-state index in [4.69, 9.17) is 43.1 Å². The van der Waals surface area contributed by atoms with Crippen LogP contribution in [0.4, 0.5) is 18.0 Å². The number of methoxy groups -OCH3 is 1. The number of primary amides is 1. The third kappa shape index (κ3) is 7.63. The van der Waals surface area contributed by atoms with E-state index in [0.717, 1.165) is 6.07 Å². The van der Waals surface area contributed by atoms with E-state index in [1.165, 1.54) is 31.4 Å². The minimum absolute atomic E-state index is 0.0354. The molecule has 38 heavy (non-hydrogen) atoms. The van der Waals surface area contributed by atoms with Crippen molar-refractivity contribution in [1.82, 2.24) is 4.98 Å². The third-order valence-corrected chi connectivity index (χ3v) is 6.63. The van der Waals surface area contributed by atoms with Gasteiger partial charge in [-0.2, -0.15) is 21.6 Å². The number of hydrogen-bond donors (Lipinski definition) is 1. The van der Waals surface area contributed by atoms with Gasteiger partial charge in [0.1, 0.15) is 28.0 Å². The van der Waals surface area contributed by atoms with Crippen molar-refractivity contribution in [3.05, 3.63) is 75.4 Å². The van der Waals surface area contributed by atoms with Crippen molar-refractivity contribution < 1.29 is 44.8 Å². The van der Waals surface area contributed by atoms with E-state index >= 15 is 0 Å². The molecule has 9 nitrogen and oxygen atoms in total. The number of hydrogen-bond acceptors (Lipinski definition) is 8. The summed E-state index contributed by atoms with van der Waals surface area (Å²) in [5.41, 5.74) is 4.24. The second kappa shape index (κ2) is 12.1. The second-order valence-electron chi connectivity index (χ2n) is 7.51. The van der Waals surface area contributed by atoms with Crippen LogP contribution in [0.1, 0.15) is 16.7 Å². The van der Waals surface area contributed by atoms with Gasteiger partial charge in [-0.15, -0.1) is 0 Å². The Balaban J connectivity index is 2.05. The molecular formula is C23H19Cl2F3N2O7S. The first-order valence-electron chi connectivity index (χ1n) is 10.5. The summed E-state index contributed by atoms with van der Waals surface area (Å²) in [6.45, 7) is 0.448. The SMILES string of the molecule is COCCOc1ccc(Cc2cc(Cl)ccc2S(=O)(=O)OC(N)=O)c(Oc2ncc(C(F)(F)F)cc2Cl)c1. The highest BCUT2D eigenvalue weighted by atomic mass is 35.5. The average Bonchev–Trinajstić information content (AvgIpc) is 2.80. The summed E-state index contributed by atoms with van der Waals surface area (Å²) in [5, 5.41) is -0.246. The highest BCUT2D eigenvalue weighted by molar-refractivity contribution is 7.87. The van der Waals surface area contributed by atoms with Crippen LogP contribution in [0.5, 0.6) is 17.4 Å². The van der Waals surface area contributed by atoms with Gasteiger partial charge >= 0.3 is 22.4 Å². The fourth-order valence-electron chi connectivity index (χ4n) is 3.16. The number of halogens is 5. The molecule has 3 aromatic rings. The average molecular weight is 595 g/mol. The Morgan fingerprint density at radius 1 is 1.05 bits per heavy atom. The van der Waals surface area contributed by atoms with Crippen molar-refractivity contribution in [3.8, 4) is 17.4 Å². The maximum Gasteiger partial charge on any atom is 0.420 e. The van der Waals surface area contributed by atoms with Gasteiger partial charge in [-0.3, -0.25) is 0 Å². The summed E-state index contributed by atoms with van der Waals surface area (Å²) in [6, 6.07) is 8.89. The van der Waals surface area contributed by atoms with E-state index in [-0.39, 0.29) is 41.9 Å². The molecule has 15 heteroatoms. The van der Waals surface area contributed by atoms with Crippen molar-refractivity contribution >= 4 is 39.4 Å². The molecular weight excluding hydrogens is 576 g/mol. The van der Waals surface area contributed by atoms with Crippen LogP contribution in [0.3, 0.4) is 0 Å². The number of aromatic nitrogens is 1. The summed E-state index contributed by atoms with van der Waals surface area (Å²) in [7, 11) is -3.12. The largest absolute Gasteiger partial charge is 0.491 e. The zero-order valence-corrected chi connectivity index (χ0v) is 21.7. The van der Waals surface area contributed by atoms with E-state index in [9.17, 15) is 26.4 Å². The summed E-state index contributed by atoms with van der Waals surface area (Å²) < 4.78 is 84.7. The number of benzene rings is 2. The quantitative estimate of drug-likeness (QED) is 0.237. The van der Waals surface area contributed by atoms with Crippen molar-refractivity contribution in [2.24, 2.45) is 5.73 Å². The van der Waals surface area contributed by atoms with Gasteiger partial charge < -0.3 is 24.1 Å². The number of carbonyl (C=O) groups is 1. The lowest BCUT2D eigenvalue weighted by atomic mass is 10.0. The number of nitrogens with two attached hydrogens (primary N) is 1. The highest BCUT2D eigenvalue weighted by Crippen LogP contribution is 2.37. The summed E-state index contributed by atoms with van der Waals surface area (Å²) in [4.78, 5) is 14.4. The standard InChI is InChI=1S/C23H19Cl2F3N2O7S/c1-34-6-7-35-17-4-2-13(8-14-9-16(24)3-5-20(14)38(32,33)37-22(29)31)19(11-17)36-21-18(25)10-15(12-30-21)23(26,27)28/h2-5,9-12H,6-8H2,1H3,(H2,29,31). The minimum Gasteiger partial charge on any atom is -0.491 e. The Hall–Kier alpha value is -3.26. The zero-order valence-electron chi connectivity index (χ0n) is 19.4. The van der Waals surface area contributed by atoms with Crippen molar-refractivity contribution in [3.63, 3.8) is 0 Å². The van der Waals surface area contributed by atoms with Crippen LogP contribution in [-0.2, 0) is 31.6 Å². The van der Waals surface area contributed by atoms with Crippen LogP contribution in [0.25, 0.3) is 0 Å². The lowest BCUT2D eigenvalue weighted by Gasteiger charge is -2.16. The molecule has 3 rings (SSSR count). The Morgan fingerprint density at radius 2 is 1.79 bits per heavy atom. The van der Waals surface area contributed by atoms with Crippen molar-refractivity contribution in [2.75, 3.05) is 20.3 Å². The first kappa shape index (κ1) is 29.3. The van der Waals surface area contributed by atoms with Crippen LogP contribution in [0.15, 0.2) is 53.6 Å². The van der Waals surface area contributed by atoms with Gasteiger partial charge in [0.15, 0.2) is 0 Å². The van der Waals surface area contributed by atoms with Crippen LogP contribution in [-0.4, -0.2) is 39.8 Å². The number of nitrogens with zero attached hydrogens (tertiary/aromatic N) is 1. The fraction of sp³-hybridized carbons (Fsp3) is 0.217. The van der Waals surface area contributed by atoms with Gasteiger partial charge in [-0.1, -0.05) is 29.3 Å². The molecule has 0 atom stereocenters. The van der Waals surface area contributed by atoms with E-state index in [2.05, 4.69) is 9.17 Å². The second-order valence-corrected chi connectivity index (χ2v) is 9.87. The van der Waals surface area contributed by atoms with Crippen molar-refractivity contribution in [2.45, 2.75) is 17.5 Å². The monoisotopic (exact) mass is 594 g/mol. The topological polar surface area (TPSA) is 127 Å². The molecule has 0 unspecified atom stereocenters. The van der Waals surface area contributed by atoms with E-state index < -0.39 is 37.9 Å². The Labute approximate surface area is 225 Å². The number of amides is 1. The molecule has 0 saturated heterocycles. The smallest absolute Gasteiger partial charge is 0.420 e. The normalized spacial score (nSPS) is 11.7. The molecule has 2 N–H and O–H groups in total. The molecule has 1 aromatic heterocycles. The van der Waals surface area contributed by atoms with Crippen molar-refractivity contribution in [1.29, 1.82) is 0 Å². The molecule has 0 aliphatic heterocycles. The van der Waals surface area contributed by atoms with Crippen LogP contribution >= 0.6 is 23.2 Å². The summed E-state index contributed by atoms with van der Waals surface area (Å²) in [5.74, 6) is -0.000914. The van der Waals surface area contributed by atoms with Gasteiger partial charge in [0, 0.05) is 30.8 Å². The predicted molar refractivity (Wildman–Crippen MR) is 130 cm³/mol. The number of rotatable bonds is 10. The summed E-state index contributed by atoms with van der Waals surface area (Å²) in [6.07, 6.45) is -5.79. The molecule has 1 heterocycles. The number of alkyl halides is 3. The Kier molecular flexibility index (Phi) is 9.31. The molecule has 0 aliphatic carbocycles. The Morgan fingerprint density at radius 3 is 2.42 bits per heavy atom. The molecule has 204 valence electrons. The van der Waals surface area contributed by atoms with Gasteiger partial charge in [0.25, 0.3) is 0 Å². The van der Waals surface area contributed by atoms with Gasteiger partial charge in [0.2, 0.25) is 5.88 Å². The molecule has 0 fully saturated rings. The number of carbonyl (C=O) groups excluding carboxylic acids is 1. The molecule has 2 aromatic carbocycles. The number of pyridine rings is 1. The fourth-order valence-corrected chi connectivity index (χ4v) is 4.55. The first-order valence-corrected chi connectivity index (χ1v) is 12.6. The lowest BCUT2D eigenvalue weighted by Crippen LogP contribution is -2.20. The third-order valence-electron chi connectivity index (χ3n) is 4.80. The highest BCUT2D eigenvalue weighted by Gasteiger charge is 2.32. The maximum absolute atomic E-state index is 13.0. The number of ether oxygens (including phenoxy) is 3. The molecule has 0 spiro atoms. The van der Waals surface area contributed by atoms with E-state index in [1.54, 1.807) is 6.07 Å².